The molecule has 9 heteroatoms. The van der Waals surface area contributed by atoms with Crippen molar-refractivity contribution in [1.29, 1.82) is 0 Å². The number of ether oxygens (including phenoxy) is 1. The van der Waals surface area contributed by atoms with E-state index in [1.165, 1.54) is 0 Å². The van der Waals surface area contributed by atoms with Crippen molar-refractivity contribution in [3.63, 3.8) is 0 Å². The van der Waals surface area contributed by atoms with E-state index in [1.807, 2.05) is 12.1 Å². The fraction of sp³-hybridized carbons (Fsp3) is 0.429. The molecule has 2 aromatic heterocycles. The number of H-pyrrole nitrogens is 1. The zero-order valence-corrected chi connectivity index (χ0v) is 13.3. The first-order valence-corrected chi connectivity index (χ1v) is 7.24. The topological polar surface area (TPSA) is 105 Å². The van der Waals surface area contributed by atoms with Gasteiger partial charge in [-0.25, -0.2) is 4.98 Å². The third kappa shape index (κ3) is 4.72. The molecule has 1 aliphatic heterocycles. The van der Waals surface area contributed by atoms with Gasteiger partial charge in [-0.2, -0.15) is 5.10 Å². The van der Waals surface area contributed by atoms with Crippen LogP contribution in [0.4, 0.5) is 0 Å². The number of aromatic amines is 1. The summed E-state index contributed by atoms with van der Waals surface area (Å²) in [5.41, 5.74) is 0.857. The van der Waals surface area contributed by atoms with E-state index in [9.17, 15) is 4.79 Å². The van der Waals surface area contributed by atoms with Gasteiger partial charge in [-0.05, 0) is 12.1 Å². The molecule has 1 unspecified atom stereocenters. The molecule has 3 rings (SSSR count). The molecule has 2 aromatic rings. The van der Waals surface area contributed by atoms with E-state index in [0.29, 0.717) is 31.9 Å². The van der Waals surface area contributed by atoms with Crippen molar-refractivity contribution in [2.24, 2.45) is 0 Å². The van der Waals surface area contributed by atoms with Crippen LogP contribution in [-0.2, 0) is 16.0 Å². The number of pyridine rings is 1. The highest BCUT2D eigenvalue weighted by atomic mass is 35.5. The number of morpholine rings is 1. The van der Waals surface area contributed by atoms with Gasteiger partial charge in [0.2, 0.25) is 5.91 Å². The zero-order chi connectivity index (χ0) is 15.2. The molecule has 0 saturated carbocycles. The Labute approximate surface area is 139 Å². The lowest BCUT2D eigenvalue weighted by molar-refractivity contribution is -0.134. The van der Waals surface area contributed by atoms with Crippen LogP contribution < -0.4 is 10.6 Å². The molecule has 23 heavy (non-hydrogen) atoms. The first-order chi connectivity index (χ1) is 10.8. The predicted octanol–water partition coefficient (Wildman–Crippen LogP) is -0.0644. The van der Waals surface area contributed by atoms with E-state index in [-0.39, 0.29) is 18.3 Å². The maximum atomic E-state index is 11.9. The molecule has 1 aliphatic rings. The molecule has 0 spiro atoms. The highest BCUT2D eigenvalue weighted by molar-refractivity contribution is 5.85. The van der Waals surface area contributed by atoms with Gasteiger partial charge in [-0.3, -0.25) is 14.9 Å². The lowest BCUT2D eigenvalue weighted by Crippen LogP contribution is -2.48. The number of carbonyl (C=O) groups excluding carboxylic acids is 1. The summed E-state index contributed by atoms with van der Waals surface area (Å²) in [6, 6.07) is 3.74. The van der Waals surface area contributed by atoms with Crippen LogP contribution in [0.15, 0.2) is 24.5 Å². The summed E-state index contributed by atoms with van der Waals surface area (Å²) in [5.74, 6) is 1.23. The second-order valence-electron chi connectivity index (χ2n) is 4.95. The number of nitrogens with one attached hydrogen (secondary N) is 3. The van der Waals surface area contributed by atoms with Crippen LogP contribution in [0.25, 0.3) is 11.4 Å². The predicted molar refractivity (Wildman–Crippen MR) is 86.2 cm³/mol. The Balaban J connectivity index is 0.00000192. The average molecular weight is 339 g/mol. The van der Waals surface area contributed by atoms with Crippen molar-refractivity contribution in [2.45, 2.75) is 12.5 Å². The smallest absolute Gasteiger partial charge is 0.250 e. The third-order valence-corrected chi connectivity index (χ3v) is 3.33. The summed E-state index contributed by atoms with van der Waals surface area (Å²) in [6.07, 6.45) is 3.59. The summed E-state index contributed by atoms with van der Waals surface area (Å²) in [5, 5.41) is 13.0. The molecule has 1 atom stereocenters. The van der Waals surface area contributed by atoms with Crippen LogP contribution >= 0.6 is 12.4 Å². The van der Waals surface area contributed by atoms with Gasteiger partial charge in [0.1, 0.15) is 11.9 Å². The van der Waals surface area contributed by atoms with E-state index in [4.69, 9.17) is 4.74 Å². The van der Waals surface area contributed by atoms with E-state index in [1.54, 1.807) is 12.4 Å². The third-order valence-electron chi connectivity index (χ3n) is 3.33. The summed E-state index contributed by atoms with van der Waals surface area (Å²) in [4.78, 5) is 20.3. The number of hydrogen-bond acceptors (Lipinski definition) is 6. The monoisotopic (exact) mass is 338 g/mol. The molecule has 3 N–H and O–H groups in total. The van der Waals surface area contributed by atoms with Gasteiger partial charge in [-0.1, -0.05) is 0 Å². The number of amides is 1. The lowest BCUT2D eigenvalue weighted by atomic mass is 10.2. The molecule has 1 fully saturated rings. The summed E-state index contributed by atoms with van der Waals surface area (Å²) >= 11 is 0. The number of hydrogen-bond donors (Lipinski definition) is 3. The molecule has 3 heterocycles. The molecule has 0 aliphatic carbocycles. The average Bonchev–Trinajstić information content (AvgIpc) is 3.05. The number of rotatable bonds is 5. The van der Waals surface area contributed by atoms with Crippen LogP contribution in [0.1, 0.15) is 5.82 Å². The van der Waals surface area contributed by atoms with Gasteiger partial charge in [-0.15, -0.1) is 12.4 Å². The highest BCUT2D eigenvalue weighted by Crippen LogP contribution is 2.11. The maximum Gasteiger partial charge on any atom is 0.250 e. The van der Waals surface area contributed by atoms with Crippen LogP contribution in [-0.4, -0.2) is 58.4 Å². The minimum Gasteiger partial charge on any atom is -0.366 e. The molecule has 0 aromatic carbocycles. The zero-order valence-electron chi connectivity index (χ0n) is 12.5. The molecule has 124 valence electrons. The molecular weight excluding hydrogens is 320 g/mol. The Morgan fingerprint density at radius 3 is 3.13 bits per heavy atom. The van der Waals surface area contributed by atoms with Crippen LogP contribution in [0.3, 0.4) is 0 Å². The molecular formula is C14H19ClN6O2. The van der Waals surface area contributed by atoms with Crippen molar-refractivity contribution in [3.8, 4) is 11.4 Å². The van der Waals surface area contributed by atoms with Crippen LogP contribution in [0.2, 0.25) is 0 Å². The van der Waals surface area contributed by atoms with E-state index in [0.717, 1.165) is 17.9 Å². The molecule has 1 saturated heterocycles. The fourth-order valence-corrected chi connectivity index (χ4v) is 2.18. The van der Waals surface area contributed by atoms with Crippen molar-refractivity contribution < 1.29 is 9.53 Å². The Morgan fingerprint density at radius 1 is 1.48 bits per heavy atom. The Bertz CT molecular complexity index is 615. The highest BCUT2D eigenvalue weighted by Gasteiger charge is 2.21. The largest absolute Gasteiger partial charge is 0.366 e. The quantitative estimate of drug-likeness (QED) is 0.705. The van der Waals surface area contributed by atoms with Crippen molar-refractivity contribution in [3.05, 3.63) is 30.4 Å². The first-order valence-electron chi connectivity index (χ1n) is 7.24. The number of nitrogens with zero attached hydrogens (tertiary/aromatic N) is 3. The SMILES string of the molecule is Cl.O=C(NCCc1nc(-c2cccnc2)n[nH]1)C1CNCCO1. The minimum absolute atomic E-state index is 0. The second kappa shape index (κ2) is 8.56. The normalized spacial score (nSPS) is 17.3. The molecule has 0 bridgehead atoms. The Hall–Kier alpha value is -2.03. The van der Waals surface area contributed by atoms with Crippen molar-refractivity contribution in [2.75, 3.05) is 26.2 Å². The Kier molecular flexibility index (Phi) is 6.45. The number of halogens is 1. The Morgan fingerprint density at radius 2 is 2.39 bits per heavy atom. The van der Waals surface area contributed by atoms with Crippen molar-refractivity contribution in [1.82, 2.24) is 30.8 Å². The summed E-state index contributed by atoms with van der Waals surface area (Å²) in [7, 11) is 0. The number of aromatic nitrogens is 4. The standard InChI is InChI=1S/C14H18N6O2.ClH/c21-14(11-9-16-6-7-22-11)17-5-3-12-18-13(20-19-12)10-2-1-4-15-8-10;/h1-2,4,8,11,16H,3,5-7,9H2,(H,17,21)(H,18,19,20);1H. The van der Waals surface area contributed by atoms with Gasteiger partial charge in [0, 0.05) is 44.0 Å². The summed E-state index contributed by atoms with van der Waals surface area (Å²) in [6.45, 7) is 2.40. The maximum absolute atomic E-state index is 11.9. The lowest BCUT2D eigenvalue weighted by Gasteiger charge is -2.22. The van der Waals surface area contributed by atoms with Crippen LogP contribution in [0, 0.1) is 0 Å². The molecule has 0 radical (unpaired) electrons. The van der Waals surface area contributed by atoms with E-state index in [2.05, 4.69) is 30.8 Å². The van der Waals surface area contributed by atoms with Crippen molar-refractivity contribution >= 4 is 18.3 Å². The number of carbonyl (C=O) groups is 1. The minimum atomic E-state index is -0.408. The van der Waals surface area contributed by atoms with Gasteiger partial charge in [0.25, 0.3) is 0 Å². The second-order valence-corrected chi connectivity index (χ2v) is 4.95. The fourth-order valence-electron chi connectivity index (χ4n) is 2.18. The van der Waals surface area contributed by atoms with Gasteiger partial charge in [0.15, 0.2) is 5.82 Å². The molecule has 1 amide bonds. The van der Waals surface area contributed by atoms with E-state index < -0.39 is 6.10 Å². The summed E-state index contributed by atoms with van der Waals surface area (Å²) < 4.78 is 5.39. The molecule has 8 nitrogen and oxygen atoms in total. The van der Waals surface area contributed by atoms with Gasteiger partial charge in [0.05, 0.1) is 6.61 Å². The van der Waals surface area contributed by atoms with Crippen LogP contribution in [0.5, 0.6) is 0 Å². The van der Waals surface area contributed by atoms with Gasteiger partial charge >= 0.3 is 0 Å². The van der Waals surface area contributed by atoms with E-state index >= 15 is 0 Å². The van der Waals surface area contributed by atoms with Gasteiger partial charge < -0.3 is 15.4 Å². The first kappa shape index (κ1) is 17.3.